The molecule has 1 saturated heterocycles. The summed E-state index contributed by atoms with van der Waals surface area (Å²) in [6.45, 7) is 4.73. The van der Waals surface area contributed by atoms with E-state index in [-0.39, 0.29) is 43.2 Å². The first kappa shape index (κ1) is 22.2. The van der Waals surface area contributed by atoms with E-state index in [0.717, 1.165) is 0 Å². The van der Waals surface area contributed by atoms with Crippen molar-refractivity contribution in [2.45, 2.75) is 26.3 Å². The Labute approximate surface area is 170 Å². The summed E-state index contributed by atoms with van der Waals surface area (Å²) in [5, 5.41) is 8.21. The van der Waals surface area contributed by atoms with Crippen LogP contribution in [0.1, 0.15) is 30.6 Å². The normalized spacial score (nSPS) is 16.2. The van der Waals surface area contributed by atoms with Crippen LogP contribution in [0.5, 0.6) is 0 Å². The molecular weight excluding hydrogens is 376 g/mol. The van der Waals surface area contributed by atoms with Crippen LogP contribution in [0.15, 0.2) is 24.3 Å². The predicted octanol–water partition coefficient (Wildman–Crippen LogP) is 0.374. The topological polar surface area (TPSA) is 117 Å². The van der Waals surface area contributed by atoms with Crippen LogP contribution < -0.4 is 16.0 Å². The van der Waals surface area contributed by atoms with Gasteiger partial charge < -0.3 is 25.6 Å². The number of piperazine rings is 1. The second-order valence-corrected chi connectivity index (χ2v) is 7.18. The van der Waals surface area contributed by atoms with Gasteiger partial charge in [-0.2, -0.15) is 0 Å². The summed E-state index contributed by atoms with van der Waals surface area (Å²) in [4.78, 5) is 49.9. The van der Waals surface area contributed by atoms with Gasteiger partial charge in [-0.05, 0) is 30.2 Å². The minimum absolute atomic E-state index is 0.0376. The fourth-order valence-corrected chi connectivity index (χ4v) is 2.86. The maximum absolute atomic E-state index is 12.7. The Morgan fingerprint density at radius 2 is 1.93 bits per heavy atom. The van der Waals surface area contributed by atoms with E-state index in [4.69, 9.17) is 4.74 Å². The van der Waals surface area contributed by atoms with Gasteiger partial charge in [-0.25, -0.2) is 0 Å². The Morgan fingerprint density at radius 1 is 1.24 bits per heavy atom. The Kier molecular flexibility index (Phi) is 7.99. The summed E-state index contributed by atoms with van der Waals surface area (Å²) in [5.74, 6) is -1.16. The molecular formula is C20H28N4O5. The third-order valence-corrected chi connectivity index (χ3v) is 4.41. The molecule has 0 bridgehead atoms. The Bertz CT molecular complexity index is 748. The summed E-state index contributed by atoms with van der Waals surface area (Å²) in [5.41, 5.74) is 1.18. The molecule has 158 valence electrons. The number of ether oxygens (including phenoxy) is 1. The van der Waals surface area contributed by atoms with Gasteiger partial charge in [0, 0.05) is 31.4 Å². The van der Waals surface area contributed by atoms with Crippen molar-refractivity contribution in [3.8, 4) is 0 Å². The number of nitrogens with one attached hydrogen (secondary N) is 3. The van der Waals surface area contributed by atoms with Crippen LogP contribution in [-0.2, 0) is 19.1 Å². The highest BCUT2D eigenvalue weighted by Gasteiger charge is 2.35. The largest absolute Gasteiger partial charge is 0.465 e. The predicted molar refractivity (Wildman–Crippen MR) is 107 cm³/mol. The Morgan fingerprint density at radius 3 is 2.55 bits per heavy atom. The van der Waals surface area contributed by atoms with Gasteiger partial charge in [0.05, 0.1) is 19.6 Å². The molecule has 9 nitrogen and oxygen atoms in total. The summed E-state index contributed by atoms with van der Waals surface area (Å²) >= 11 is 0. The van der Waals surface area contributed by atoms with Crippen LogP contribution >= 0.6 is 0 Å². The third-order valence-electron chi connectivity index (χ3n) is 4.41. The molecule has 0 aromatic heterocycles. The van der Waals surface area contributed by atoms with Crippen molar-refractivity contribution in [2.24, 2.45) is 5.92 Å². The lowest BCUT2D eigenvalue weighted by atomic mass is 10.1. The van der Waals surface area contributed by atoms with Crippen molar-refractivity contribution < 1.29 is 23.9 Å². The number of hydrogen-bond acceptors (Lipinski definition) is 6. The Balaban J connectivity index is 1.95. The van der Waals surface area contributed by atoms with Crippen LogP contribution in [0.2, 0.25) is 0 Å². The molecule has 1 heterocycles. The summed E-state index contributed by atoms with van der Waals surface area (Å²) in [7, 11) is 1.55. The molecule has 0 radical (unpaired) electrons. The van der Waals surface area contributed by atoms with E-state index >= 15 is 0 Å². The number of nitrogens with zero attached hydrogens (tertiary/aromatic N) is 1. The molecule has 1 aromatic carbocycles. The van der Waals surface area contributed by atoms with E-state index in [0.29, 0.717) is 24.3 Å². The van der Waals surface area contributed by atoms with Gasteiger partial charge in [0.1, 0.15) is 6.04 Å². The highest BCUT2D eigenvalue weighted by Crippen LogP contribution is 2.13. The van der Waals surface area contributed by atoms with Crippen LogP contribution in [0.4, 0.5) is 5.69 Å². The maximum Gasteiger partial charge on any atom is 0.308 e. The number of carbonyl (C=O) groups is 4. The monoisotopic (exact) mass is 404 g/mol. The molecule has 1 aromatic rings. The molecule has 1 aliphatic heterocycles. The third kappa shape index (κ3) is 6.48. The molecule has 29 heavy (non-hydrogen) atoms. The molecule has 0 spiro atoms. The molecule has 3 amide bonds. The molecule has 3 N–H and O–H groups in total. The quantitative estimate of drug-likeness (QED) is 0.539. The van der Waals surface area contributed by atoms with Crippen LogP contribution in [-0.4, -0.2) is 67.9 Å². The van der Waals surface area contributed by atoms with E-state index in [1.54, 1.807) is 31.3 Å². The van der Waals surface area contributed by atoms with Crippen molar-refractivity contribution in [1.82, 2.24) is 15.5 Å². The van der Waals surface area contributed by atoms with E-state index in [1.807, 2.05) is 13.8 Å². The van der Waals surface area contributed by atoms with Gasteiger partial charge in [0.25, 0.3) is 5.91 Å². The van der Waals surface area contributed by atoms with Crippen LogP contribution in [0, 0.1) is 5.92 Å². The van der Waals surface area contributed by atoms with Gasteiger partial charge in [0.2, 0.25) is 11.8 Å². The zero-order valence-corrected chi connectivity index (χ0v) is 17.0. The van der Waals surface area contributed by atoms with E-state index < -0.39 is 12.0 Å². The lowest BCUT2D eigenvalue weighted by Crippen LogP contribution is -2.58. The average molecular weight is 404 g/mol. The molecule has 2 rings (SSSR count). The molecule has 0 saturated carbocycles. The number of benzene rings is 1. The van der Waals surface area contributed by atoms with Gasteiger partial charge in [0.15, 0.2) is 0 Å². The lowest BCUT2D eigenvalue weighted by molar-refractivity contribution is -0.152. The molecule has 1 atom stereocenters. The summed E-state index contributed by atoms with van der Waals surface area (Å²) < 4.78 is 5.15. The lowest BCUT2D eigenvalue weighted by Gasteiger charge is -2.34. The number of esters is 1. The van der Waals surface area contributed by atoms with E-state index in [1.165, 1.54) is 4.90 Å². The van der Waals surface area contributed by atoms with Crippen molar-refractivity contribution in [3.05, 3.63) is 29.8 Å². The van der Waals surface area contributed by atoms with Crippen molar-refractivity contribution in [2.75, 3.05) is 38.6 Å². The number of carbonyl (C=O) groups excluding carboxylic acids is 4. The number of hydrogen-bond donors (Lipinski definition) is 3. The number of amides is 3. The SMILES string of the molecule is CNC(=O)c1ccc(NCC(=O)N2CCNC(=O)C2CC(=O)OCC(C)C)cc1. The van der Waals surface area contributed by atoms with Crippen molar-refractivity contribution >= 4 is 29.4 Å². The molecule has 9 heteroatoms. The highest BCUT2D eigenvalue weighted by atomic mass is 16.5. The first-order valence-corrected chi connectivity index (χ1v) is 9.60. The van der Waals surface area contributed by atoms with Gasteiger partial charge in [-0.3, -0.25) is 19.2 Å². The van der Waals surface area contributed by atoms with Crippen LogP contribution in [0.3, 0.4) is 0 Å². The fraction of sp³-hybridized carbons (Fsp3) is 0.500. The highest BCUT2D eigenvalue weighted by molar-refractivity contribution is 5.95. The fourth-order valence-electron chi connectivity index (χ4n) is 2.86. The van der Waals surface area contributed by atoms with Gasteiger partial charge in [-0.1, -0.05) is 13.8 Å². The zero-order valence-electron chi connectivity index (χ0n) is 17.0. The maximum atomic E-state index is 12.7. The van der Waals surface area contributed by atoms with Gasteiger partial charge in [-0.15, -0.1) is 0 Å². The van der Waals surface area contributed by atoms with E-state index in [9.17, 15) is 19.2 Å². The molecule has 1 fully saturated rings. The molecule has 0 aliphatic carbocycles. The Hall–Kier alpha value is -3.10. The minimum Gasteiger partial charge on any atom is -0.465 e. The molecule has 1 unspecified atom stereocenters. The number of rotatable bonds is 8. The van der Waals surface area contributed by atoms with Crippen molar-refractivity contribution in [3.63, 3.8) is 0 Å². The van der Waals surface area contributed by atoms with E-state index in [2.05, 4.69) is 16.0 Å². The first-order valence-electron chi connectivity index (χ1n) is 9.60. The van der Waals surface area contributed by atoms with Crippen LogP contribution in [0.25, 0.3) is 0 Å². The number of anilines is 1. The first-order chi connectivity index (χ1) is 13.8. The summed E-state index contributed by atoms with van der Waals surface area (Å²) in [6, 6.07) is 5.80. The summed E-state index contributed by atoms with van der Waals surface area (Å²) in [6.07, 6.45) is -0.175. The molecule has 1 aliphatic rings. The smallest absolute Gasteiger partial charge is 0.308 e. The average Bonchev–Trinajstić information content (AvgIpc) is 2.71. The standard InChI is InChI=1S/C20H28N4O5/c1-13(2)12-29-18(26)10-16-20(28)22-8-9-24(16)17(25)11-23-15-6-4-14(5-7-15)19(27)21-3/h4-7,13,16,23H,8-12H2,1-3H3,(H,21,27)(H,22,28). The second-order valence-electron chi connectivity index (χ2n) is 7.18. The second kappa shape index (κ2) is 10.4. The minimum atomic E-state index is -0.881. The van der Waals surface area contributed by atoms with Gasteiger partial charge >= 0.3 is 5.97 Å². The zero-order chi connectivity index (χ0) is 21.4. The van der Waals surface area contributed by atoms with Crippen molar-refractivity contribution in [1.29, 1.82) is 0 Å².